The van der Waals surface area contributed by atoms with E-state index >= 15 is 0 Å². The molecule has 0 atom stereocenters. The molecule has 0 saturated carbocycles. The molecule has 88 valence electrons. The summed E-state index contributed by atoms with van der Waals surface area (Å²) in [5, 5.41) is 12.2. The second-order valence-corrected chi connectivity index (χ2v) is 5.06. The topological polar surface area (TPSA) is 70.1 Å². The van der Waals surface area contributed by atoms with Crippen molar-refractivity contribution in [3.63, 3.8) is 0 Å². The highest BCUT2D eigenvalue weighted by Gasteiger charge is 2.10. The molecular formula is C10H9BrN4OS. The summed E-state index contributed by atoms with van der Waals surface area (Å²) >= 11 is 4.78. The summed E-state index contributed by atoms with van der Waals surface area (Å²) in [4.78, 5) is 12.6. The molecule has 0 unspecified atom stereocenters. The zero-order valence-electron chi connectivity index (χ0n) is 8.90. The Kier molecular flexibility index (Phi) is 3.70. The minimum Gasteiger partial charge on any atom is -0.272 e. The maximum absolute atomic E-state index is 11.6. The van der Waals surface area contributed by atoms with Crippen LogP contribution in [0.4, 0.5) is 0 Å². The average Bonchev–Trinajstić information content (AvgIpc) is 2.88. The quantitative estimate of drug-likeness (QED) is 0.674. The van der Waals surface area contributed by atoms with Gasteiger partial charge in [-0.05, 0) is 39.9 Å². The SMILES string of the molecule is Cc1ccsc1/C=N/NC(=O)c1[nH]ncc1Br. The van der Waals surface area contributed by atoms with E-state index in [1.807, 2.05) is 18.4 Å². The van der Waals surface area contributed by atoms with Gasteiger partial charge in [0.1, 0.15) is 5.69 Å². The Morgan fingerprint density at radius 1 is 1.71 bits per heavy atom. The lowest BCUT2D eigenvalue weighted by molar-refractivity contribution is 0.0949. The highest BCUT2D eigenvalue weighted by molar-refractivity contribution is 9.10. The van der Waals surface area contributed by atoms with Gasteiger partial charge < -0.3 is 0 Å². The van der Waals surface area contributed by atoms with Crippen LogP contribution < -0.4 is 5.43 Å². The van der Waals surface area contributed by atoms with E-state index < -0.39 is 0 Å². The third-order valence-electron chi connectivity index (χ3n) is 2.07. The molecule has 2 rings (SSSR count). The molecule has 0 saturated heterocycles. The molecule has 2 heterocycles. The first-order chi connectivity index (χ1) is 8.18. The van der Waals surface area contributed by atoms with Crippen LogP contribution in [0.3, 0.4) is 0 Å². The minimum absolute atomic E-state index is 0.333. The standard InChI is InChI=1S/C10H9BrN4OS/c1-6-2-3-17-8(6)5-13-15-10(16)9-7(11)4-12-14-9/h2-5H,1H3,(H,12,14)(H,15,16)/b13-5+. The molecule has 0 radical (unpaired) electrons. The predicted octanol–water partition coefficient (Wildman–Crippen LogP) is 2.31. The number of thiophene rings is 1. The van der Waals surface area contributed by atoms with Gasteiger partial charge in [0, 0.05) is 4.88 Å². The molecule has 1 amide bonds. The zero-order chi connectivity index (χ0) is 12.3. The Morgan fingerprint density at radius 2 is 2.53 bits per heavy atom. The summed E-state index contributed by atoms with van der Waals surface area (Å²) < 4.78 is 0.609. The number of H-pyrrole nitrogens is 1. The molecular weight excluding hydrogens is 304 g/mol. The Bertz CT molecular complexity index is 560. The second kappa shape index (κ2) is 5.24. The van der Waals surface area contributed by atoms with Gasteiger partial charge in [0.25, 0.3) is 5.91 Å². The highest BCUT2D eigenvalue weighted by atomic mass is 79.9. The van der Waals surface area contributed by atoms with Gasteiger partial charge in [-0.3, -0.25) is 9.89 Å². The Labute approximate surface area is 110 Å². The van der Waals surface area contributed by atoms with Crippen molar-refractivity contribution < 1.29 is 4.79 Å². The second-order valence-electron chi connectivity index (χ2n) is 3.26. The summed E-state index contributed by atoms with van der Waals surface area (Å²) in [5.74, 6) is -0.333. The summed E-state index contributed by atoms with van der Waals surface area (Å²) in [7, 11) is 0. The van der Waals surface area contributed by atoms with E-state index in [0.29, 0.717) is 10.2 Å². The summed E-state index contributed by atoms with van der Waals surface area (Å²) in [6.07, 6.45) is 3.14. The van der Waals surface area contributed by atoms with Gasteiger partial charge in [-0.15, -0.1) is 11.3 Å². The van der Waals surface area contributed by atoms with Crippen LogP contribution in [0, 0.1) is 6.92 Å². The van der Waals surface area contributed by atoms with Crippen molar-refractivity contribution in [1.29, 1.82) is 0 Å². The van der Waals surface area contributed by atoms with Crippen LogP contribution in [-0.4, -0.2) is 22.3 Å². The normalized spacial score (nSPS) is 10.9. The van der Waals surface area contributed by atoms with Crippen molar-refractivity contribution in [3.8, 4) is 0 Å². The summed E-state index contributed by atoms with van der Waals surface area (Å²) in [5.41, 5.74) is 3.91. The molecule has 0 aromatic carbocycles. The molecule has 5 nitrogen and oxygen atoms in total. The molecule has 17 heavy (non-hydrogen) atoms. The van der Waals surface area contributed by atoms with Crippen molar-refractivity contribution in [2.45, 2.75) is 6.92 Å². The number of hydrogen-bond donors (Lipinski definition) is 2. The number of aromatic amines is 1. The van der Waals surface area contributed by atoms with Gasteiger partial charge in [-0.25, -0.2) is 5.43 Å². The van der Waals surface area contributed by atoms with Crippen molar-refractivity contribution in [2.24, 2.45) is 5.10 Å². The first-order valence-corrected chi connectivity index (χ1v) is 6.42. The van der Waals surface area contributed by atoms with E-state index in [-0.39, 0.29) is 5.91 Å². The number of aryl methyl sites for hydroxylation is 1. The zero-order valence-corrected chi connectivity index (χ0v) is 11.3. The first kappa shape index (κ1) is 12.0. The lowest BCUT2D eigenvalue weighted by Crippen LogP contribution is -2.18. The maximum atomic E-state index is 11.6. The lowest BCUT2D eigenvalue weighted by Gasteiger charge is -1.96. The van der Waals surface area contributed by atoms with Gasteiger partial charge in [0.2, 0.25) is 0 Å². The van der Waals surface area contributed by atoms with Crippen molar-refractivity contribution in [1.82, 2.24) is 15.6 Å². The smallest absolute Gasteiger partial charge is 0.272 e. The number of carbonyl (C=O) groups is 1. The van der Waals surface area contributed by atoms with E-state index in [1.165, 1.54) is 6.20 Å². The van der Waals surface area contributed by atoms with Gasteiger partial charge in [0.05, 0.1) is 16.9 Å². The highest BCUT2D eigenvalue weighted by Crippen LogP contribution is 2.13. The van der Waals surface area contributed by atoms with E-state index in [2.05, 4.69) is 36.7 Å². The fourth-order valence-corrected chi connectivity index (χ4v) is 2.31. The number of hydrogen-bond acceptors (Lipinski definition) is 4. The Hall–Kier alpha value is -1.47. The van der Waals surface area contributed by atoms with Gasteiger partial charge >= 0.3 is 0 Å². The molecule has 7 heteroatoms. The van der Waals surface area contributed by atoms with Crippen molar-refractivity contribution in [3.05, 3.63) is 38.3 Å². The number of amides is 1. The Morgan fingerprint density at radius 3 is 3.12 bits per heavy atom. The van der Waals surface area contributed by atoms with Crippen LogP contribution in [0.15, 0.2) is 27.2 Å². The molecule has 0 aliphatic carbocycles. The number of hydrazone groups is 1. The summed E-state index contributed by atoms with van der Waals surface area (Å²) in [6, 6.07) is 2.00. The third-order valence-corrected chi connectivity index (χ3v) is 3.62. The molecule has 0 fully saturated rings. The monoisotopic (exact) mass is 312 g/mol. The van der Waals surface area contributed by atoms with E-state index in [0.717, 1.165) is 10.4 Å². The van der Waals surface area contributed by atoms with Gasteiger partial charge in [-0.2, -0.15) is 10.2 Å². The largest absolute Gasteiger partial charge is 0.290 e. The molecule has 0 aliphatic heterocycles. The molecule has 0 bridgehead atoms. The predicted molar refractivity (Wildman–Crippen MR) is 70.4 cm³/mol. The number of rotatable bonds is 3. The molecule has 0 aliphatic rings. The van der Waals surface area contributed by atoms with Crippen LogP contribution in [-0.2, 0) is 0 Å². The first-order valence-electron chi connectivity index (χ1n) is 4.75. The average molecular weight is 313 g/mol. The van der Waals surface area contributed by atoms with Crippen LogP contribution in [0.25, 0.3) is 0 Å². The number of nitrogens with one attached hydrogen (secondary N) is 2. The molecule has 2 N–H and O–H groups in total. The summed E-state index contributed by atoms with van der Waals surface area (Å²) in [6.45, 7) is 1.99. The van der Waals surface area contributed by atoms with Crippen LogP contribution >= 0.6 is 27.3 Å². The van der Waals surface area contributed by atoms with E-state index in [9.17, 15) is 4.79 Å². The van der Waals surface area contributed by atoms with E-state index in [4.69, 9.17) is 0 Å². The Balaban J connectivity index is 2.00. The fourth-order valence-electron chi connectivity index (χ4n) is 1.15. The number of carbonyl (C=O) groups excluding carboxylic acids is 1. The van der Waals surface area contributed by atoms with E-state index in [1.54, 1.807) is 17.6 Å². The number of nitrogens with zero attached hydrogens (tertiary/aromatic N) is 2. The lowest BCUT2D eigenvalue weighted by atomic mass is 10.3. The van der Waals surface area contributed by atoms with Crippen LogP contribution in [0.1, 0.15) is 20.9 Å². The maximum Gasteiger partial charge on any atom is 0.290 e. The van der Waals surface area contributed by atoms with Crippen LogP contribution in [0.2, 0.25) is 0 Å². The molecule has 2 aromatic heterocycles. The fraction of sp³-hybridized carbons (Fsp3) is 0.100. The third kappa shape index (κ3) is 2.80. The number of halogens is 1. The van der Waals surface area contributed by atoms with Gasteiger partial charge in [0.15, 0.2) is 0 Å². The molecule has 2 aromatic rings. The molecule has 0 spiro atoms. The number of aromatic nitrogens is 2. The van der Waals surface area contributed by atoms with Crippen molar-refractivity contribution >= 4 is 39.4 Å². The van der Waals surface area contributed by atoms with Gasteiger partial charge in [-0.1, -0.05) is 0 Å². The van der Waals surface area contributed by atoms with Crippen LogP contribution in [0.5, 0.6) is 0 Å². The van der Waals surface area contributed by atoms with Crippen molar-refractivity contribution in [2.75, 3.05) is 0 Å². The minimum atomic E-state index is -0.333.